The molecule has 0 spiro atoms. The highest BCUT2D eigenvalue weighted by Gasteiger charge is 2.12. The van der Waals surface area contributed by atoms with Crippen molar-refractivity contribution in [2.75, 3.05) is 20.3 Å². The van der Waals surface area contributed by atoms with Gasteiger partial charge in [-0.3, -0.25) is 14.9 Å². The number of aliphatic hydroxyl groups is 1. The second kappa shape index (κ2) is 8.65. The first-order valence-electron chi connectivity index (χ1n) is 7.47. The van der Waals surface area contributed by atoms with Crippen LogP contribution >= 0.6 is 0 Å². The van der Waals surface area contributed by atoms with Gasteiger partial charge in [-0.25, -0.2) is 0 Å². The van der Waals surface area contributed by atoms with Crippen LogP contribution < -0.4 is 14.8 Å². The van der Waals surface area contributed by atoms with E-state index in [-0.39, 0.29) is 24.4 Å². The summed E-state index contributed by atoms with van der Waals surface area (Å²) in [4.78, 5) is 22.0. The van der Waals surface area contributed by atoms with Crippen LogP contribution in [0.3, 0.4) is 0 Å². The predicted molar refractivity (Wildman–Crippen MR) is 89.9 cm³/mol. The van der Waals surface area contributed by atoms with E-state index >= 15 is 0 Å². The fraction of sp³-hybridized carbons (Fsp3) is 0.235. The van der Waals surface area contributed by atoms with Crippen LogP contribution in [0, 0.1) is 10.1 Å². The summed E-state index contributed by atoms with van der Waals surface area (Å²) in [7, 11) is 1.56. The minimum absolute atomic E-state index is 0.00682. The van der Waals surface area contributed by atoms with E-state index in [0.29, 0.717) is 11.5 Å². The average molecular weight is 346 g/mol. The van der Waals surface area contributed by atoms with Crippen LogP contribution in [0.1, 0.15) is 10.4 Å². The van der Waals surface area contributed by atoms with Crippen molar-refractivity contribution in [3.05, 3.63) is 64.2 Å². The Balaban J connectivity index is 1.77. The molecule has 0 fully saturated rings. The van der Waals surface area contributed by atoms with E-state index in [0.717, 1.165) is 0 Å². The van der Waals surface area contributed by atoms with Crippen LogP contribution in [-0.2, 0) is 0 Å². The van der Waals surface area contributed by atoms with Gasteiger partial charge in [0.1, 0.15) is 24.2 Å². The topological polar surface area (TPSA) is 111 Å². The molecular formula is C17H18N2O6. The van der Waals surface area contributed by atoms with Crippen molar-refractivity contribution in [2.45, 2.75) is 6.10 Å². The quantitative estimate of drug-likeness (QED) is 0.557. The standard InChI is InChI=1S/C17H18N2O6/c1-24-15-6-8-16(9-7-15)25-11-14(20)10-18-17(21)12-2-4-13(5-3-12)19(22)23/h2-9,14,20H,10-11H2,1H3,(H,18,21)/t14-/m0/s1. The Morgan fingerprint density at radius 3 is 2.32 bits per heavy atom. The average Bonchev–Trinajstić information content (AvgIpc) is 2.64. The van der Waals surface area contributed by atoms with Gasteiger partial charge in [0.2, 0.25) is 0 Å². The molecule has 0 bridgehead atoms. The number of methoxy groups -OCH3 is 1. The molecule has 8 heteroatoms. The first-order valence-corrected chi connectivity index (χ1v) is 7.47. The molecule has 0 unspecified atom stereocenters. The SMILES string of the molecule is COc1ccc(OC[C@@H](O)CNC(=O)c2ccc([N+](=O)[O-])cc2)cc1. The zero-order chi connectivity index (χ0) is 18.2. The summed E-state index contributed by atoms with van der Waals surface area (Å²) in [5, 5.41) is 23.0. The Hall–Kier alpha value is -3.13. The number of ether oxygens (including phenoxy) is 2. The van der Waals surface area contributed by atoms with Crippen molar-refractivity contribution >= 4 is 11.6 Å². The van der Waals surface area contributed by atoms with Gasteiger partial charge in [0.25, 0.3) is 11.6 Å². The molecule has 1 atom stereocenters. The molecule has 0 radical (unpaired) electrons. The second-order valence-corrected chi connectivity index (χ2v) is 5.15. The van der Waals surface area contributed by atoms with Crippen LogP contribution in [-0.4, -0.2) is 42.3 Å². The van der Waals surface area contributed by atoms with E-state index < -0.39 is 16.9 Å². The number of hydrogen-bond acceptors (Lipinski definition) is 6. The highest BCUT2D eigenvalue weighted by molar-refractivity contribution is 5.94. The van der Waals surface area contributed by atoms with Gasteiger partial charge < -0.3 is 19.9 Å². The number of carbonyl (C=O) groups is 1. The maximum atomic E-state index is 11.9. The Morgan fingerprint density at radius 2 is 1.76 bits per heavy atom. The van der Waals surface area contributed by atoms with Crippen LogP contribution in [0.5, 0.6) is 11.5 Å². The molecule has 25 heavy (non-hydrogen) atoms. The van der Waals surface area contributed by atoms with Crippen LogP contribution in [0.15, 0.2) is 48.5 Å². The summed E-state index contributed by atoms with van der Waals surface area (Å²) in [5.74, 6) is 0.836. The van der Waals surface area contributed by atoms with Gasteiger partial charge in [0, 0.05) is 24.2 Å². The van der Waals surface area contributed by atoms with Gasteiger partial charge in [-0.15, -0.1) is 0 Å². The van der Waals surface area contributed by atoms with Crippen molar-refractivity contribution in [3.63, 3.8) is 0 Å². The highest BCUT2D eigenvalue weighted by atomic mass is 16.6. The summed E-state index contributed by atoms with van der Waals surface area (Å²) in [6.07, 6.45) is -0.899. The van der Waals surface area contributed by atoms with E-state index in [4.69, 9.17) is 9.47 Å². The lowest BCUT2D eigenvalue weighted by Crippen LogP contribution is -2.35. The zero-order valence-electron chi connectivity index (χ0n) is 13.5. The van der Waals surface area contributed by atoms with Crippen molar-refractivity contribution in [3.8, 4) is 11.5 Å². The Bertz CT molecular complexity index is 715. The summed E-state index contributed by atoms with van der Waals surface area (Å²) in [5.41, 5.74) is 0.179. The summed E-state index contributed by atoms with van der Waals surface area (Å²) < 4.78 is 10.4. The minimum Gasteiger partial charge on any atom is -0.497 e. The van der Waals surface area contributed by atoms with Crippen molar-refractivity contribution in [1.29, 1.82) is 0 Å². The number of benzene rings is 2. The molecule has 0 aromatic heterocycles. The third-order valence-corrected chi connectivity index (χ3v) is 3.34. The van der Waals surface area contributed by atoms with Gasteiger partial charge in [0.05, 0.1) is 12.0 Å². The Kier molecular flexibility index (Phi) is 6.30. The van der Waals surface area contributed by atoms with Crippen LogP contribution in [0.4, 0.5) is 5.69 Å². The molecule has 132 valence electrons. The molecule has 1 amide bonds. The van der Waals surface area contributed by atoms with E-state index in [2.05, 4.69) is 5.32 Å². The number of nitro benzene ring substituents is 1. The normalized spacial score (nSPS) is 11.4. The largest absolute Gasteiger partial charge is 0.497 e. The fourth-order valence-electron chi connectivity index (χ4n) is 1.97. The molecule has 0 aliphatic rings. The smallest absolute Gasteiger partial charge is 0.269 e. The number of aliphatic hydroxyl groups excluding tert-OH is 1. The molecule has 0 heterocycles. The Morgan fingerprint density at radius 1 is 1.16 bits per heavy atom. The number of carbonyl (C=O) groups excluding carboxylic acids is 1. The highest BCUT2D eigenvalue weighted by Crippen LogP contribution is 2.17. The third kappa shape index (κ3) is 5.47. The van der Waals surface area contributed by atoms with Crippen molar-refractivity contribution < 1.29 is 24.3 Å². The molecule has 2 N–H and O–H groups in total. The Labute approximate surface area is 144 Å². The van der Waals surface area contributed by atoms with Gasteiger partial charge in [-0.1, -0.05) is 0 Å². The lowest BCUT2D eigenvalue weighted by Gasteiger charge is -2.13. The molecule has 0 saturated carbocycles. The number of amides is 1. The number of hydrogen-bond donors (Lipinski definition) is 2. The molecular weight excluding hydrogens is 328 g/mol. The molecule has 2 aromatic rings. The van der Waals surface area contributed by atoms with E-state index in [1.54, 1.807) is 31.4 Å². The number of rotatable bonds is 8. The fourth-order valence-corrected chi connectivity index (χ4v) is 1.97. The van der Waals surface area contributed by atoms with Crippen molar-refractivity contribution in [1.82, 2.24) is 5.32 Å². The van der Waals surface area contributed by atoms with E-state index in [1.165, 1.54) is 24.3 Å². The van der Waals surface area contributed by atoms with Gasteiger partial charge in [-0.2, -0.15) is 0 Å². The summed E-state index contributed by atoms with van der Waals surface area (Å²) in [6, 6.07) is 12.1. The maximum absolute atomic E-state index is 11.9. The first kappa shape index (κ1) is 18.2. The van der Waals surface area contributed by atoms with Crippen LogP contribution in [0.25, 0.3) is 0 Å². The number of nitrogens with zero attached hydrogens (tertiary/aromatic N) is 1. The monoisotopic (exact) mass is 346 g/mol. The zero-order valence-corrected chi connectivity index (χ0v) is 13.5. The summed E-state index contributed by atoms with van der Waals surface area (Å²) >= 11 is 0. The molecule has 2 aromatic carbocycles. The number of nitro groups is 1. The van der Waals surface area contributed by atoms with Gasteiger partial charge in [0.15, 0.2) is 0 Å². The number of nitrogens with one attached hydrogen (secondary N) is 1. The molecule has 8 nitrogen and oxygen atoms in total. The molecule has 2 rings (SSSR count). The molecule has 0 aliphatic heterocycles. The van der Waals surface area contributed by atoms with Gasteiger partial charge >= 0.3 is 0 Å². The van der Waals surface area contributed by atoms with Crippen molar-refractivity contribution in [2.24, 2.45) is 0 Å². The van der Waals surface area contributed by atoms with Gasteiger partial charge in [-0.05, 0) is 36.4 Å². The lowest BCUT2D eigenvalue weighted by molar-refractivity contribution is -0.384. The molecule has 0 saturated heterocycles. The predicted octanol–water partition coefficient (Wildman–Crippen LogP) is 1.77. The third-order valence-electron chi connectivity index (χ3n) is 3.34. The summed E-state index contributed by atoms with van der Waals surface area (Å²) in [6.45, 7) is -0.00115. The van der Waals surface area contributed by atoms with E-state index in [9.17, 15) is 20.0 Å². The van der Waals surface area contributed by atoms with Crippen LogP contribution in [0.2, 0.25) is 0 Å². The van der Waals surface area contributed by atoms with E-state index in [1.807, 2.05) is 0 Å². The maximum Gasteiger partial charge on any atom is 0.269 e. The molecule has 0 aliphatic carbocycles. The second-order valence-electron chi connectivity index (χ2n) is 5.15. The first-order chi connectivity index (χ1) is 12.0. The minimum atomic E-state index is -0.899. The number of non-ortho nitro benzene ring substituents is 1. The lowest BCUT2D eigenvalue weighted by atomic mass is 10.2.